The number of amidine groups is 2. The molecule has 5 rings (SSSR count). The predicted octanol–water partition coefficient (Wildman–Crippen LogP) is 4.78. The van der Waals surface area contributed by atoms with Gasteiger partial charge in [0.15, 0.2) is 5.78 Å². The van der Waals surface area contributed by atoms with Crippen LogP contribution in [0, 0.1) is 0 Å². The maximum Gasteiger partial charge on any atom is 0.323 e. The lowest BCUT2D eigenvalue weighted by atomic mass is 9.98. The van der Waals surface area contributed by atoms with E-state index >= 15 is 0 Å². The van der Waals surface area contributed by atoms with E-state index in [1.165, 1.54) is 0 Å². The second-order valence-electron chi connectivity index (χ2n) is 9.72. The molecule has 0 saturated carbocycles. The van der Waals surface area contributed by atoms with Gasteiger partial charge in [-0.15, -0.1) is 0 Å². The van der Waals surface area contributed by atoms with Crippen LogP contribution >= 0.6 is 12.2 Å². The Morgan fingerprint density at radius 3 is 2.12 bits per heavy atom. The zero-order valence-corrected chi connectivity index (χ0v) is 23.2. The van der Waals surface area contributed by atoms with Crippen molar-refractivity contribution in [3.05, 3.63) is 94.5 Å². The summed E-state index contributed by atoms with van der Waals surface area (Å²) >= 11 is 5.75. The Hall–Kier alpha value is -4.37. The molecule has 0 spiro atoms. The van der Waals surface area contributed by atoms with Crippen molar-refractivity contribution in [2.24, 2.45) is 9.98 Å². The number of anilines is 2. The number of amides is 2. The molecule has 9 heteroatoms. The van der Waals surface area contributed by atoms with Gasteiger partial charge in [0.1, 0.15) is 11.7 Å². The van der Waals surface area contributed by atoms with Crippen LogP contribution in [-0.2, 0) is 12.8 Å². The lowest BCUT2D eigenvalue weighted by Gasteiger charge is -2.14. The SMILES string of the molecule is CCC(=O)c1ccc(CC(=S)Cc2cccc(C3=NCCN3)c2)cc1NC(=O)Nc1cccc(C2=NCCN2)c1. The van der Waals surface area contributed by atoms with Crippen molar-refractivity contribution in [1.29, 1.82) is 0 Å². The highest BCUT2D eigenvalue weighted by Crippen LogP contribution is 2.22. The quantitative estimate of drug-likeness (QED) is 0.214. The molecule has 8 nitrogen and oxygen atoms in total. The summed E-state index contributed by atoms with van der Waals surface area (Å²) < 4.78 is 0. The van der Waals surface area contributed by atoms with Crippen LogP contribution in [0.5, 0.6) is 0 Å². The summed E-state index contributed by atoms with van der Waals surface area (Å²) in [6, 6.07) is 20.9. The van der Waals surface area contributed by atoms with Crippen LogP contribution in [0.15, 0.2) is 76.7 Å². The first-order chi connectivity index (χ1) is 19.5. The second-order valence-corrected chi connectivity index (χ2v) is 10.3. The van der Waals surface area contributed by atoms with Crippen molar-refractivity contribution >= 4 is 51.9 Å². The minimum absolute atomic E-state index is 0.0444. The van der Waals surface area contributed by atoms with Gasteiger partial charge < -0.3 is 21.3 Å². The highest BCUT2D eigenvalue weighted by atomic mass is 32.1. The Bertz CT molecular complexity index is 1510. The molecule has 0 saturated heterocycles. The summed E-state index contributed by atoms with van der Waals surface area (Å²) in [5, 5.41) is 12.3. The molecular formula is C31H32N6O2S. The molecule has 0 atom stereocenters. The van der Waals surface area contributed by atoms with Crippen LogP contribution in [0.2, 0.25) is 0 Å². The Balaban J connectivity index is 1.27. The fourth-order valence-electron chi connectivity index (χ4n) is 4.80. The third-order valence-electron chi connectivity index (χ3n) is 6.70. The zero-order chi connectivity index (χ0) is 27.9. The number of hydrogen-bond donors (Lipinski definition) is 4. The van der Waals surface area contributed by atoms with Gasteiger partial charge >= 0.3 is 6.03 Å². The highest BCUT2D eigenvalue weighted by Gasteiger charge is 2.16. The fraction of sp³-hybridized carbons (Fsp3) is 0.258. The van der Waals surface area contributed by atoms with E-state index in [4.69, 9.17) is 12.2 Å². The molecule has 204 valence electrons. The number of ketones is 1. The normalized spacial score (nSPS) is 14.0. The molecule has 40 heavy (non-hydrogen) atoms. The molecule has 0 aliphatic carbocycles. The van der Waals surface area contributed by atoms with E-state index in [0.29, 0.717) is 36.2 Å². The largest absolute Gasteiger partial charge is 0.368 e. The Morgan fingerprint density at radius 2 is 1.48 bits per heavy atom. The van der Waals surface area contributed by atoms with E-state index in [1.807, 2.05) is 48.5 Å². The molecule has 0 unspecified atom stereocenters. The van der Waals surface area contributed by atoms with Gasteiger partial charge in [0.2, 0.25) is 0 Å². The maximum atomic E-state index is 13.0. The monoisotopic (exact) mass is 552 g/mol. The van der Waals surface area contributed by atoms with Crippen molar-refractivity contribution < 1.29 is 9.59 Å². The zero-order valence-electron chi connectivity index (χ0n) is 22.4. The Labute approximate surface area is 239 Å². The number of thiocarbonyl (C=S) groups is 1. The molecule has 0 bridgehead atoms. The van der Waals surface area contributed by atoms with Gasteiger partial charge in [0.25, 0.3) is 0 Å². The van der Waals surface area contributed by atoms with Crippen molar-refractivity contribution in [1.82, 2.24) is 10.6 Å². The predicted molar refractivity (Wildman–Crippen MR) is 165 cm³/mol. The summed E-state index contributed by atoms with van der Waals surface area (Å²) in [6.45, 7) is 5.01. The van der Waals surface area contributed by atoms with Gasteiger partial charge in [0, 0.05) is 59.6 Å². The number of carbonyl (C=O) groups excluding carboxylic acids is 2. The van der Waals surface area contributed by atoms with E-state index < -0.39 is 6.03 Å². The van der Waals surface area contributed by atoms with Gasteiger partial charge in [0.05, 0.1) is 18.8 Å². The molecule has 4 N–H and O–H groups in total. The third kappa shape index (κ3) is 6.79. The number of aliphatic imine (C=N–C) groups is 2. The van der Waals surface area contributed by atoms with E-state index in [0.717, 1.165) is 65.0 Å². The lowest BCUT2D eigenvalue weighted by Crippen LogP contribution is -2.22. The van der Waals surface area contributed by atoms with Gasteiger partial charge in [-0.25, -0.2) is 4.79 Å². The molecule has 2 aliphatic rings. The second kappa shape index (κ2) is 12.7. The van der Waals surface area contributed by atoms with E-state index in [2.05, 4.69) is 43.4 Å². The van der Waals surface area contributed by atoms with Crippen molar-refractivity contribution in [2.75, 3.05) is 36.8 Å². The first-order valence-electron chi connectivity index (χ1n) is 13.5. The van der Waals surface area contributed by atoms with Crippen molar-refractivity contribution in [3.8, 4) is 0 Å². The summed E-state index contributed by atoms with van der Waals surface area (Å²) in [4.78, 5) is 35.4. The molecule has 3 aromatic carbocycles. The molecule has 2 amide bonds. The molecule has 2 heterocycles. The topological polar surface area (TPSA) is 107 Å². The number of Topliss-reactive ketones (excluding diaryl/α,β-unsaturated/α-hetero) is 1. The molecular weight excluding hydrogens is 520 g/mol. The number of benzene rings is 3. The van der Waals surface area contributed by atoms with Crippen LogP contribution < -0.4 is 21.3 Å². The fourth-order valence-corrected chi connectivity index (χ4v) is 5.13. The average Bonchev–Trinajstić information content (AvgIpc) is 3.68. The Morgan fingerprint density at radius 1 is 0.825 bits per heavy atom. The number of urea groups is 1. The lowest BCUT2D eigenvalue weighted by molar-refractivity contribution is 0.0989. The van der Waals surface area contributed by atoms with Crippen LogP contribution in [0.25, 0.3) is 0 Å². The molecule has 0 radical (unpaired) electrons. The van der Waals surface area contributed by atoms with E-state index in [9.17, 15) is 9.59 Å². The standard InChI is InChI=1S/C31H32N6O2S/c1-2-28(38)26-10-9-21(17-25(40)16-20-5-3-6-22(15-20)29-32-11-12-33-29)18-27(26)37-31(39)36-24-8-4-7-23(19-24)30-34-13-14-35-30/h3-10,15,18-19H,2,11-14,16-17H2,1H3,(H,32,33)(H,34,35)(H2,36,37,39). The minimum Gasteiger partial charge on any atom is -0.368 e. The molecule has 3 aromatic rings. The number of rotatable bonds is 10. The summed E-state index contributed by atoms with van der Waals surface area (Å²) in [6.07, 6.45) is 1.53. The van der Waals surface area contributed by atoms with Crippen LogP contribution in [-0.4, -0.2) is 54.5 Å². The van der Waals surface area contributed by atoms with E-state index in [-0.39, 0.29) is 5.78 Å². The first-order valence-corrected chi connectivity index (χ1v) is 13.9. The van der Waals surface area contributed by atoms with Crippen molar-refractivity contribution in [3.63, 3.8) is 0 Å². The van der Waals surface area contributed by atoms with Gasteiger partial charge in [-0.2, -0.15) is 0 Å². The van der Waals surface area contributed by atoms with Crippen LogP contribution in [0.3, 0.4) is 0 Å². The summed E-state index contributed by atoms with van der Waals surface area (Å²) in [5.74, 6) is 1.70. The third-order valence-corrected chi connectivity index (χ3v) is 6.99. The maximum absolute atomic E-state index is 13.0. The molecule has 0 fully saturated rings. The summed E-state index contributed by atoms with van der Waals surface area (Å²) in [5.41, 5.74) is 5.60. The van der Waals surface area contributed by atoms with Crippen molar-refractivity contribution in [2.45, 2.75) is 26.2 Å². The molecule has 2 aliphatic heterocycles. The van der Waals surface area contributed by atoms with Gasteiger partial charge in [-0.05, 0) is 41.5 Å². The Kier molecular flexibility index (Phi) is 8.61. The first kappa shape index (κ1) is 27.2. The van der Waals surface area contributed by atoms with Crippen LogP contribution in [0.1, 0.15) is 46.0 Å². The number of hydrogen-bond acceptors (Lipinski definition) is 7. The van der Waals surface area contributed by atoms with E-state index in [1.54, 1.807) is 13.0 Å². The number of nitrogens with zero attached hydrogens (tertiary/aromatic N) is 2. The molecule has 0 aromatic heterocycles. The van der Waals surface area contributed by atoms with Crippen LogP contribution in [0.4, 0.5) is 16.2 Å². The summed E-state index contributed by atoms with van der Waals surface area (Å²) in [7, 11) is 0. The average molecular weight is 553 g/mol. The highest BCUT2D eigenvalue weighted by molar-refractivity contribution is 7.80. The number of carbonyl (C=O) groups is 2. The smallest absolute Gasteiger partial charge is 0.323 e. The minimum atomic E-state index is -0.427. The van der Waals surface area contributed by atoms with Gasteiger partial charge in [-0.3, -0.25) is 14.8 Å². The number of nitrogens with one attached hydrogen (secondary N) is 4. The van der Waals surface area contributed by atoms with Gasteiger partial charge in [-0.1, -0.05) is 55.5 Å².